The Balaban J connectivity index is 2.14. The number of carbonyl (C=O) groups is 1. The van der Waals surface area contributed by atoms with Crippen molar-refractivity contribution >= 4 is 5.91 Å². The van der Waals surface area contributed by atoms with Gasteiger partial charge in [0.2, 0.25) is 5.91 Å². The summed E-state index contributed by atoms with van der Waals surface area (Å²) in [6.07, 6.45) is 3.27. The number of amides is 1. The summed E-state index contributed by atoms with van der Waals surface area (Å²) >= 11 is 0. The summed E-state index contributed by atoms with van der Waals surface area (Å²) in [5, 5.41) is 12.0. The zero-order valence-electron chi connectivity index (χ0n) is 12.7. The normalized spacial score (nSPS) is 25.5. The molecule has 21 heavy (non-hydrogen) atoms. The third kappa shape index (κ3) is 2.66. The molecule has 4 nitrogen and oxygen atoms in total. The van der Waals surface area contributed by atoms with E-state index in [1.807, 2.05) is 6.07 Å². The van der Waals surface area contributed by atoms with E-state index in [9.17, 15) is 4.79 Å². The quantitative estimate of drug-likeness (QED) is 0.816. The van der Waals surface area contributed by atoms with Crippen LogP contribution in [0.5, 0.6) is 0 Å². The highest BCUT2D eigenvalue weighted by Crippen LogP contribution is 2.51. The summed E-state index contributed by atoms with van der Waals surface area (Å²) < 4.78 is 0. The minimum absolute atomic E-state index is 0.0309. The van der Waals surface area contributed by atoms with E-state index in [2.05, 4.69) is 25.2 Å². The molecule has 0 bridgehead atoms. The molecular formula is C17H23N3O. The third-order valence-corrected chi connectivity index (χ3v) is 5.00. The van der Waals surface area contributed by atoms with Crippen LogP contribution in [0.4, 0.5) is 0 Å². The van der Waals surface area contributed by atoms with Crippen molar-refractivity contribution in [1.82, 2.24) is 5.32 Å². The molecule has 1 aliphatic rings. The molecule has 1 aromatic carbocycles. The second-order valence-electron chi connectivity index (χ2n) is 5.80. The average Bonchev–Trinajstić information content (AvgIpc) is 2.47. The Bertz CT molecular complexity index is 557. The Hall–Kier alpha value is -1.86. The number of hydrogen-bond donors (Lipinski definition) is 2. The summed E-state index contributed by atoms with van der Waals surface area (Å²) in [7, 11) is 0. The molecule has 1 saturated carbocycles. The topological polar surface area (TPSA) is 78.9 Å². The molecule has 0 aromatic heterocycles. The fraction of sp³-hybridized carbons (Fsp3) is 0.529. The molecule has 1 aliphatic carbocycles. The van der Waals surface area contributed by atoms with E-state index in [-0.39, 0.29) is 11.3 Å². The summed E-state index contributed by atoms with van der Waals surface area (Å²) in [5.74, 6) is 0.476. The number of hydrogen-bond acceptors (Lipinski definition) is 3. The highest BCUT2D eigenvalue weighted by molar-refractivity contribution is 5.84. The summed E-state index contributed by atoms with van der Waals surface area (Å²) in [5.41, 5.74) is 7.02. The van der Waals surface area contributed by atoms with Crippen molar-refractivity contribution in [3.05, 3.63) is 35.4 Å². The lowest BCUT2D eigenvalue weighted by Crippen LogP contribution is -2.53. The molecule has 3 unspecified atom stereocenters. The van der Waals surface area contributed by atoms with Crippen LogP contribution < -0.4 is 11.1 Å². The van der Waals surface area contributed by atoms with E-state index in [4.69, 9.17) is 11.0 Å². The van der Waals surface area contributed by atoms with Crippen LogP contribution in [-0.4, -0.2) is 5.91 Å². The second-order valence-corrected chi connectivity index (χ2v) is 5.80. The molecule has 0 heterocycles. The first-order chi connectivity index (χ1) is 10.1. The lowest BCUT2D eigenvalue weighted by atomic mass is 9.57. The first-order valence-electron chi connectivity index (χ1n) is 7.64. The van der Waals surface area contributed by atoms with Crippen molar-refractivity contribution in [1.29, 1.82) is 5.26 Å². The standard InChI is InChI=1S/C17H23N3O/c1-3-13-9-10-17(13,4-2)16(21)20-15(19)14-8-6-5-7-12(14)11-18/h5-8,13,15H,3-4,9-10,19H2,1-2H3,(H,20,21). The number of carbonyl (C=O) groups excluding carboxylic acids is 1. The van der Waals surface area contributed by atoms with Crippen LogP contribution in [0.2, 0.25) is 0 Å². The van der Waals surface area contributed by atoms with Crippen molar-refractivity contribution in [2.45, 2.75) is 45.7 Å². The van der Waals surface area contributed by atoms with Gasteiger partial charge in [-0.25, -0.2) is 0 Å². The van der Waals surface area contributed by atoms with E-state index < -0.39 is 6.17 Å². The maximum atomic E-state index is 12.7. The molecule has 1 aromatic rings. The van der Waals surface area contributed by atoms with Crippen LogP contribution in [0, 0.1) is 22.7 Å². The van der Waals surface area contributed by atoms with Gasteiger partial charge in [-0.05, 0) is 31.2 Å². The number of nitrogens with one attached hydrogen (secondary N) is 1. The molecule has 1 fully saturated rings. The Morgan fingerprint density at radius 2 is 2.24 bits per heavy atom. The van der Waals surface area contributed by atoms with Gasteiger partial charge in [-0.1, -0.05) is 38.5 Å². The molecule has 112 valence electrons. The number of rotatable bonds is 5. The van der Waals surface area contributed by atoms with Gasteiger partial charge in [0.25, 0.3) is 0 Å². The van der Waals surface area contributed by atoms with Crippen molar-refractivity contribution in [2.75, 3.05) is 0 Å². The van der Waals surface area contributed by atoms with Gasteiger partial charge in [-0.15, -0.1) is 0 Å². The first-order valence-corrected chi connectivity index (χ1v) is 7.64. The highest BCUT2D eigenvalue weighted by Gasteiger charge is 2.50. The predicted octanol–water partition coefficient (Wildman–Crippen LogP) is 2.85. The largest absolute Gasteiger partial charge is 0.336 e. The fourth-order valence-corrected chi connectivity index (χ4v) is 3.45. The van der Waals surface area contributed by atoms with Gasteiger partial charge in [0.15, 0.2) is 0 Å². The van der Waals surface area contributed by atoms with Crippen molar-refractivity contribution < 1.29 is 4.79 Å². The zero-order chi connectivity index (χ0) is 15.5. The Kier molecular flexibility index (Phi) is 4.64. The molecule has 1 amide bonds. The van der Waals surface area contributed by atoms with Gasteiger partial charge in [0.1, 0.15) is 6.17 Å². The Morgan fingerprint density at radius 3 is 2.76 bits per heavy atom. The van der Waals surface area contributed by atoms with Gasteiger partial charge in [0, 0.05) is 5.56 Å². The van der Waals surface area contributed by atoms with Crippen LogP contribution in [0.15, 0.2) is 24.3 Å². The molecule has 2 rings (SSSR count). The summed E-state index contributed by atoms with van der Waals surface area (Å²) in [6.45, 7) is 4.20. The Labute approximate surface area is 126 Å². The highest BCUT2D eigenvalue weighted by atomic mass is 16.2. The van der Waals surface area contributed by atoms with E-state index in [1.165, 1.54) is 0 Å². The van der Waals surface area contributed by atoms with Crippen LogP contribution >= 0.6 is 0 Å². The number of nitrogens with zero attached hydrogens (tertiary/aromatic N) is 1. The molecule has 3 N–H and O–H groups in total. The number of nitriles is 1. The maximum absolute atomic E-state index is 12.7. The molecule has 4 heteroatoms. The molecule has 0 radical (unpaired) electrons. The van der Waals surface area contributed by atoms with Crippen LogP contribution in [0.3, 0.4) is 0 Å². The predicted molar refractivity (Wildman–Crippen MR) is 82.0 cm³/mol. The molecule has 0 aliphatic heterocycles. The summed E-state index contributed by atoms with van der Waals surface area (Å²) in [6, 6.07) is 9.25. The number of benzene rings is 1. The fourth-order valence-electron chi connectivity index (χ4n) is 3.45. The smallest absolute Gasteiger partial charge is 0.227 e. The van der Waals surface area contributed by atoms with E-state index in [1.54, 1.807) is 18.2 Å². The van der Waals surface area contributed by atoms with Gasteiger partial charge >= 0.3 is 0 Å². The van der Waals surface area contributed by atoms with Gasteiger partial charge in [0.05, 0.1) is 17.0 Å². The van der Waals surface area contributed by atoms with Crippen molar-refractivity contribution in [3.8, 4) is 6.07 Å². The van der Waals surface area contributed by atoms with Gasteiger partial charge in [-0.3, -0.25) is 4.79 Å². The van der Waals surface area contributed by atoms with Crippen LogP contribution in [-0.2, 0) is 4.79 Å². The molecule has 3 atom stereocenters. The SMILES string of the molecule is CCC1CCC1(CC)C(=O)NC(N)c1ccccc1C#N. The van der Waals surface area contributed by atoms with Crippen molar-refractivity contribution in [3.63, 3.8) is 0 Å². The second kappa shape index (κ2) is 6.28. The van der Waals surface area contributed by atoms with Crippen LogP contribution in [0.25, 0.3) is 0 Å². The lowest BCUT2D eigenvalue weighted by Gasteiger charge is -2.48. The first kappa shape index (κ1) is 15.5. The van der Waals surface area contributed by atoms with Crippen molar-refractivity contribution in [2.24, 2.45) is 17.1 Å². The monoisotopic (exact) mass is 285 g/mol. The zero-order valence-corrected chi connectivity index (χ0v) is 12.7. The third-order valence-electron chi connectivity index (χ3n) is 5.00. The molecule has 0 spiro atoms. The van der Waals surface area contributed by atoms with Gasteiger partial charge in [-0.2, -0.15) is 5.26 Å². The molecule has 0 saturated heterocycles. The average molecular weight is 285 g/mol. The summed E-state index contributed by atoms with van der Waals surface area (Å²) in [4.78, 5) is 12.7. The molecular weight excluding hydrogens is 262 g/mol. The van der Waals surface area contributed by atoms with Gasteiger partial charge < -0.3 is 11.1 Å². The van der Waals surface area contributed by atoms with E-state index in [0.717, 1.165) is 25.7 Å². The van der Waals surface area contributed by atoms with Crippen LogP contribution in [0.1, 0.15) is 56.8 Å². The Morgan fingerprint density at radius 1 is 1.52 bits per heavy atom. The maximum Gasteiger partial charge on any atom is 0.227 e. The van der Waals surface area contributed by atoms with E-state index in [0.29, 0.717) is 17.0 Å². The lowest BCUT2D eigenvalue weighted by molar-refractivity contribution is -0.143. The number of nitrogens with two attached hydrogens (primary N) is 1. The minimum atomic E-state index is -0.630. The minimum Gasteiger partial charge on any atom is -0.336 e. The van der Waals surface area contributed by atoms with E-state index >= 15 is 0 Å².